The molecule has 9 heteroatoms. The Morgan fingerprint density at radius 1 is 1.32 bits per heavy atom. The number of nitrogens with two attached hydrogens (primary N) is 1. The maximum Gasteiger partial charge on any atom is 0.258 e. The van der Waals surface area contributed by atoms with Gasteiger partial charge in [-0.3, -0.25) is 0 Å². The summed E-state index contributed by atoms with van der Waals surface area (Å²) in [4.78, 5) is 17.3. The van der Waals surface area contributed by atoms with Crippen molar-refractivity contribution in [2.75, 3.05) is 11.1 Å². The van der Waals surface area contributed by atoms with Crippen LogP contribution in [0, 0.1) is 0 Å². The summed E-state index contributed by atoms with van der Waals surface area (Å²) in [5, 5.41) is 9.06. The van der Waals surface area contributed by atoms with Crippen molar-refractivity contribution in [3.05, 3.63) is 35.0 Å². The first kappa shape index (κ1) is 11.5. The summed E-state index contributed by atoms with van der Waals surface area (Å²) >= 11 is 1.66. The largest absolute Gasteiger partial charge is 0.368 e. The van der Waals surface area contributed by atoms with Crippen molar-refractivity contribution in [1.29, 1.82) is 0 Å². The Morgan fingerprint density at radius 2 is 2.26 bits per heavy atom. The quantitative estimate of drug-likeness (QED) is 0.721. The van der Waals surface area contributed by atoms with Crippen LogP contribution in [0.4, 0.5) is 11.9 Å². The maximum absolute atomic E-state index is 5.65. The van der Waals surface area contributed by atoms with Crippen molar-refractivity contribution in [1.82, 2.24) is 29.7 Å². The Labute approximate surface area is 112 Å². The lowest BCUT2D eigenvalue weighted by Gasteiger charge is -2.05. The number of rotatable bonds is 4. The van der Waals surface area contributed by atoms with Crippen LogP contribution >= 0.6 is 11.3 Å². The standard InChI is InChI=1S/C10H10N8S/c11-8-15-9(13-4-7-2-1-3-19-7)17-10(16-8)18-6-12-5-14-18/h1-3,5-6H,4H2,(H3,11,13,15,16,17). The molecule has 8 nitrogen and oxygen atoms in total. The third-order valence-electron chi connectivity index (χ3n) is 2.27. The molecule has 3 N–H and O–H groups in total. The molecule has 0 saturated heterocycles. The molecule has 3 heterocycles. The van der Waals surface area contributed by atoms with Gasteiger partial charge in [-0.2, -0.15) is 24.7 Å². The van der Waals surface area contributed by atoms with Gasteiger partial charge in [0, 0.05) is 4.88 Å². The van der Waals surface area contributed by atoms with E-state index in [9.17, 15) is 0 Å². The smallest absolute Gasteiger partial charge is 0.258 e. The summed E-state index contributed by atoms with van der Waals surface area (Å²) in [5.41, 5.74) is 5.65. The summed E-state index contributed by atoms with van der Waals surface area (Å²) in [5.74, 6) is 0.874. The second-order valence-corrected chi connectivity index (χ2v) is 4.62. The van der Waals surface area contributed by atoms with E-state index in [1.54, 1.807) is 11.3 Å². The van der Waals surface area contributed by atoms with Crippen LogP contribution in [-0.4, -0.2) is 29.7 Å². The number of nitrogen functional groups attached to an aromatic ring is 1. The molecule has 0 amide bonds. The molecular formula is C10H10N8S. The highest BCUT2D eigenvalue weighted by Crippen LogP contribution is 2.11. The Hall–Kier alpha value is -2.55. The molecular weight excluding hydrogens is 264 g/mol. The first-order chi connectivity index (χ1) is 9.31. The highest BCUT2D eigenvalue weighted by Gasteiger charge is 2.06. The van der Waals surface area contributed by atoms with Gasteiger partial charge in [-0.15, -0.1) is 11.3 Å². The van der Waals surface area contributed by atoms with Gasteiger partial charge in [0.05, 0.1) is 6.54 Å². The van der Waals surface area contributed by atoms with E-state index in [0.717, 1.165) is 0 Å². The van der Waals surface area contributed by atoms with Crippen molar-refractivity contribution in [3.8, 4) is 5.95 Å². The van der Waals surface area contributed by atoms with E-state index in [0.29, 0.717) is 18.4 Å². The van der Waals surface area contributed by atoms with E-state index in [1.165, 1.54) is 22.2 Å². The molecule has 0 unspecified atom stereocenters. The Balaban J connectivity index is 1.82. The fourth-order valence-corrected chi connectivity index (χ4v) is 2.10. The van der Waals surface area contributed by atoms with Gasteiger partial charge >= 0.3 is 0 Å². The number of anilines is 2. The van der Waals surface area contributed by atoms with Crippen molar-refractivity contribution in [2.45, 2.75) is 6.54 Å². The van der Waals surface area contributed by atoms with Crippen molar-refractivity contribution in [2.24, 2.45) is 0 Å². The molecule has 0 fully saturated rings. The van der Waals surface area contributed by atoms with E-state index < -0.39 is 0 Å². The minimum absolute atomic E-state index is 0.133. The summed E-state index contributed by atoms with van der Waals surface area (Å²) < 4.78 is 1.42. The molecule has 0 aliphatic heterocycles. The molecule has 0 radical (unpaired) electrons. The van der Waals surface area contributed by atoms with Crippen LogP contribution in [0.3, 0.4) is 0 Å². The van der Waals surface area contributed by atoms with Crippen LogP contribution in [0.1, 0.15) is 4.88 Å². The summed E-state index contributed by atoms with van der Waals surface area (Å²) in [6, 6.07) is 4.02. The zero-order valence-corrected chi connectivity index (χ0v) is 10.6. The van der Waals surface area contributed by atoms with Gasteiger partial charge in [-0.1, -0.05) is 6.07 Å². The first-order valence-electron chi connectivity index (χ1n) is 5.44. The molecule has 96 valence electrons. The third-order valence-corrected chi connectivity index (χ3v) is 3.14. The summed E-state index contributed by atoms with van der Waals surface area (Å²) in [6.07, 6.45) is 2.90. The van der Waals surface area contributed by atoms with Crippen LogP contribution in [-0.2, 0) is 6.54 Å². The van der Waals surface area contributed by atoms with Crippen LogP contribution in [0.15, 0.2) is 30.2 Å². The minimum atomic E-state index is 0.133. The van der Waals surface area contributed by atoms with E-state index in [-0.39, 0.29) is 5.95 Å². The van der Waals surface area contributed by atoms with Crippen molar-refractivity contribution < 1.29 is 0 Å². The number of thiophene rings is 1. The topological polar surface area (TPSA) is 107 Å². The van der Waals surface area contributed by atoms with Crippen LogP contribution in [0.2, 0.25) is 0 Å². The molecule has 0 saturated carbocycles. The van der Waals surface area contributed by atoms with Crippen LogP contribution < -0.4 is 11.1 Å². The van der Waals surface area contributed by atoms with E-state index >= 15 is 0 Å². The molecule has 3 aromatic rings. The Kier molecular flexibility index (Phi) is 3.02. The lowest BCUT2D eigenvalue weighted by molar-refractivity contribution is 0.797. The zero-order valence-electron chi connectivity index (χ0n) is 9.76. The zero-order chi connectivity index (χ0) is 13.1. The lowest BCUT2D eigenvalue weighted by Crippen LogP contribution is -2.11. The predicted octanol–water partition coefficient (Wildman–Crippen LogP) is 0.708. The lowest BCUT2D eigenvalue weighted by atomic mass is 10.5. The monoisotopic (exact) mass is 274 g/mol. The Morgan fingerprint density at radius 3 is 3.00 bits per heavy atom. The maximum atomic E-state index is 5.65. The van der Waals surface area contributed by atoms with Gasteiger partial charge in [0.1, 0.15) is 12.7 Å². The second-order valence-electron chi connectivity index (χ2n) is 3.59. The number of nitrogens with zero attached hydrogens (tertiary/aromatic N) is 6. The van der Waals surface area contributed by atoms with Gasteiger partial charge in [0.2, 0.25) is 11.9 Å². The molecule has 0 aliphatic carbocycles. The molecule has 3 aromatic heterocycles. The SMILES string of the molecule is Nc1nc(NCc2cccs2)nc(-n2cncn2)n1. The number of hydrogen-bond acceptors (Lipinski definition) is 8. The van der Waals surface area contributed by atoms with Gasteiger partial charge in [0.15, 0.2) is 0 Å². The minimum Gasteiger partial charge on any atom is -0.368 e. The normalized spacial score (nSPS) is 10.5. The van der Waals surface area contributed by atoms with Crippen LogP contribution in [0.25, 0.3) is 5.95 Å². The molecule has 0 bridgehead atoms. The van der Waals surface area contributed by atoms with Crippen molar-refractivity contribution >= 4 is 23.2 Å². The van der Waals surface area contributed by atoms with Crippen LogP contribution in [0.5, 0.6) is 0 Å². The van der Waals surface area contributed by atoms with Gasteiger partial charge < -0.3 is 11.1 Å². The summed E-state index contributed by atoms with van der Waals surface area (Å²) in [7, 11) is 0. The molecule has 0 aliphatic rings. The van der Waals surface area contributed by atoms with Crippen molar-refractivity contribution in [3.63, 3.8) is 0 Å². The third kappa shape index (κ3) is 2.65. The van der Waals surface area contributed by atoms with Gasteiger partial charge in [-0.05, 0) is 11.4 Å². The number of nitrogens with one attached hydrogen (secondary N) is 1. The second kappa shape index (κ2) is 4.98. The van der Waals surface area contributed by atoms with E-state index in [1.807, 2.05) is 17.5 Å². The average molecular weight is 274 g/mol. The molecule has 3 rings (SSSR count). The summed E-state index contributed by atoms with van der Waals surface area (Å²) in [6.45, 7) is 0.637. The highest BCUT2D eigenvalue weighted by molar-refractivity contribution is 7.09. The number of hydrogen-bond donors (Lipinski definition) is 2. The van der Waals surface area contributed by atoms with E-state index in [2.05, 4.69) is 30.4 Å². The molecule has 0 atom stereocenters. The van der Waals surface area contributed by atoms with Gasteiger partial charge in [-0.25, -0.2) is 4.98 Å². The fraction of sp³-hybridized carbons (Fsp3) is 0.100. The van der Waals surface area contributed by atoms with Gasteiger partial charge in [0.25, 0.3) is 5.95 Å². The molecule has 0 spiro atoms. The molecule has 0 aromatic carbocycles. The highest BCUT2D eigenvalue weighted by atomic mass is 32.1. The van der Waals surface area contributed by atoms with E-state index in [4.69, 9.17) is 5.73 Å². The number of aromatic nitrogens is 6. The fourth-order valence-electron chi connectivity index (χ4n) is 1.45. The molecule has 19 heavy (non-hydrogen) atoms. The predicted molar refractivity (Wildman–Crippen MR) is 70.8 cm³/mol. The average Bonchev–Trinajstić information content (AvgIpc) is 3.09. The Bertz CT molecular complexity index is 648. The first-order valence-corrected chi connectivity index (χ1v) is 6.32.